The quantitative estimate of drug-likeness (QED) is 0.349. The van der Waals surface area contributed by atoms with Crippen LogP contribution in [0.4, 0.5) is 0 Å². The lowest BCUT2D eigenvalue weighted by molar-refractivity contribution is 0.692. The summed E-state index contributed by atoms with van der Waals surface area (Å²) in [4.78, 5) is 46.5. The average molecular weight is 525 g/mol. The van der Waals surface area contributed by atoms with E-state index in [0.29, 0.717) is 32.3 Å². The number of aryl methyl sites for hydroxylation is 2. The number of benzene rings is 1. The van der Waals surface area contributed by atoms with Gasteiger partial charge in [0.05, 0.1) is 33.4 Å². The average Bonchev–Trinajstić information content (AvgIpc) is 3.24. The highest BCUT2D eigenvalue weighted by Gasteiger charge is 2.24. The first-order valence-electron chi connectivity index (χ1n) is 11.2. The molecule has 35 heavy (non-hydrogen) atoms. The summed E-state index contributed by atoms with van der Waals surface area (Å²) in [5.74, 6) is 0. The maximum Gasteiger partial charge on any atom is 0.337 e. The van der Waals surface area contributed by atoms with Crippen LogP contribution in [0, 0.1) is 0 Å². The van der Waals surface area contributed by atoms with Crippen LogP contribution in [0.1, 0.15) is 29.0 Å². The lowest BCUT2D eigenvalue weighted by atomic mass is 9.97. The normalized spacial score (nSPS) is 13.4. The van der Waals surface area contributed by atoms with Crippen molar-refractivity contribution in [3.63, 3.8) is 0 Å². The van der Waals surface area contributed by atoms with Crippen molar-refractivity contribution in [2.75, 3.05) is 0 Å². The number of rotatable bonds is 3. The summed E-state index contributed by atoms with van der Waals surface area (Å²) in [5, 5.41) is 1.13. The Balaban J connectivity index is 1.65. The largest absolute Gasteiger partial charge is 0.337 e. The third-order valence-corrected chi connectivity index (χ3v) is 8.40. The molecule has 0 saturated carbocycles. The van der Waals surface area contributed by atoms with Crippen LogP contribution in [-0.2, 0) is 19.4 Å². The molecule has 1 aliphatic rings. The number of fused-ring (bicyclic) bond motifs is 4. The van der Waals surface area contributed by atoms with Crippen molar-refractivity contribution in [1.29, 1.82) is 0 Å². The minimum atomic E-state index is -0.519. The van der Waals surface area contributed by atoms with E-state index in [2.05, 4.69) is 4.98 Å². The molecule has 4 heterocycles. The standard InChI is InChI=1S/C25H18Cl2N4O3S/c26-17-9-8-15(12-18(17)27)31-23(33)22-16-5-1-2-6-19(16)35-24(22)30(25(31)34)13-14-11-21(32)29-10-4-3-7-20(29)28-14/h3-4,7-12H,1-2,5-6,13H2. The highest BCUT2D eigenvalue weighted by molar-refractivity contribution is 7.18. The molecular formula is C25H18Cl2N4O3S. The molecule has 0 spiro atoms. The van der Waals surface area contributed by atoms with Gasteiger partial charge in [-0.2, -0.15) is 0 Å². The number of thiophene rings is 1. The Bertz CT molecular complexity index is 1830. The van der Waals surface area contributed by atoms with Crippen LogP contribution in [-0.4, -0.2) is 18.5 Å². The lowest BCUT2D eigenvalue weighted by Gasteiger charge is -2.14. The maximum atomic E-state index is 13.8. The van der Waals surface area contributed by atoms with Crippen molar-refractivity contribution in [3.8, 4) is 5.69 Å². The summed E-state index contributed by atoms with van der Waals surface area (Å²) in [6.07, 6.45) is 5.36. The van der Waals surface area contributed by atoms with Gasteiger partial charge in [0.1, 0.15) is 10.5 Å². The van der Waals surface area contributed by atoms with Crippen LogP contribution in [0.2, 0.25) is 10.0 Å². The molecule has 0 fully saturated rings. The molecule has 0 N–H and O–H groups in total. The molecule has 176 valence electrons. The molecule has 0 bridgehead atoms. The fourth-order valence-corrected chi connectivity index (χ4v) is 6.37. The molecule has 7 nitrogen and oxygen atoms in total. The molecule has 1 aromatic carbocycles. The van der Waals surface area contributed by atoms with E-state index in [4.69, 9.17) is 23.2 Å². The zero-order valence-corrected chi connectivity index (χ0v) is 20.7. The van der Waals surface area contributed by atoms with E-state index in [1.54, 1.807) is 41.1 Å². The predicted molar refractivity (Wildman–Crippen MR) is 139 cm³/mol. The molecule has 0 aliphatic heterocycles. The minimum absolute atomic E-state index is 0.0525. The van der Waals surface area contributed by atoms with Crippen molar-refractivity contribution < 1.29 is 0 Å². The number of nitrogens with zero attached hydrogens (tertiary/aromatic N) is 4. The van der Waals surface area contributed by atoms with E-state index in [-0.39, 0.29) is 22.7 Å². The molecule has 6 rings (SSSR count). The fourth-order valence-electron chi connectivity index (χ4n) is 4.71. The van der Waals surface area contributed by atoms with Crippen molar-refractivity contribution in [1.82, 2.24) is 18.5 Å². The third kappa shape index (κ3) is 3.64. The maximum absolute atomic E-state index is 13.8. The van der Waals surface area contributed by atoms with E-state index in [9.17, 15) is 14.4 Å². The minimum Gasteiger partial charge on any atom is -0.278 e. The molecule has 5 aromatic rings. The molecule has 10 heteroatoms. The highest BCUT2D eigenvalue weighted by Crippen LogP contribution is 2.34. The molecule has 0 atom stereocenters. The number of aromatic nitrogens is 4. The molecule has 0 unspecified atom stereocenters. The Labute approximate surface area is 212 Å². The molecule has 1 aliphatic carbocycles. The van der Waals surface area contributed by atoms with E-state index < -0.39 is 5.69 Å². The molecule has 0 radical (unpaired) electrons. The lowest BCUT2D eigenvalue weighted by Crippen LogP contribution is -2.39. The molecular weight excluding hydrogens is 507 g/mol. The van der Waals surface area contributed by atoms with Crippen LogP contribution < -0.4 is 16.8 Å². The summed E-state index contributed by atoms with van der Waals surface area (Å²) in [5.41, 5.74) is 1.15. The van der Waals surface area contributed by atoms with Gasteiger partial charge in [0.25, 0.3) is 11.1 Å². The summed E-state index contributed by atoms with van der Waals surface area (Å²) in [6, 6.07) is 11.4. The van der Waals surface area contributed by atoms with Crippen LogP contribution in [0.3, 0.4) is 0 Å². The van der Waals surface area contributed by atoms with Gasteiger partial charge in [-0.05, 0) is 61.6 Å². The Morgan fingerprint density at radius 2 is 1.80 bits per heavy atom. The van der Waals surface area contributed by atoms with Gasteiger partial charge in [-0.15, -0.1) is 11.3 Å². The van der Waals surface area contributed by atoms with Gasteiger partial charge in [-0.1, -0.05) is 29.3 Å². The summed E-state index contributed by atoms with van der Waals surface area (Å²) in [6.45, 7) is 0.0525. The van der Waals surface area contributed by atoms with Crippen molar-refractivity contribution in [2.24, 2.45) is 0 Å². The van der Waals surface area contributed by atoms with E-state index in [1.807, 2.05) is 0 Å². The first kappa shape index (κ1) is 22.3. The van der Waals surface area contributed by atoms with Gasteiger partial charge in [0.15, 0.2) is 0 Å². The fraction of sp³-hybridized carbons (Fsp3) is 0.200. The van der Waals surface area contributed by atoms with Gasteiger partial charge >= 0.3 is 5.69 Å². The van der Waals surface area contributed by atoms with E-state index >= 15 is 0 Å². The summed E-state index contributed by atoms with van der Waals surface area (Å²) < 4.78 is 4.13. The van der Waals surface area contributed by atoms with Crippen LogP contribution in [0.25, 0.3) is 21.6 Å². The topological polar surface area (TPSA) is 78.4 Å². The second-order valence-corrected chi connectivity index (χ2v) is 10.4. The van der Waals surface area contributed by atoms with Gasteiger partial charge < -0.3 is 0 Å². The molecule has 0 amide bonds. The first-order valence-corrected chi connectivity index (χ1v) is 12.7. The van der Waals surface area contributed by atoms with Crippen molar-refractivity contribution in [3.05, 3.63) is 106 Å². The predicted octanol–water partition coefficient (Wildman–Crippen LogP) is 4.46. The van der Waals surface area contributed by atoms with Gasteiger partial charge in [0, 0.05) is 17.1 Å². The van der Waals surface area contributed by atoms with Crippen LogP contribution >= 0.6 is 34.5 Å². The highest BCUT2D eigenvalue weighted by atomic mass is 35.5. The Hall–Kier alpha value is -3.20. The van der Waals surface area contributed by atoms with Crippen LogP contribution in [0.5, 0.6) is 0 Å². The smallest absolute Gasteiger partial charge is 0.278 e. The second kappa shape index (κ2) is 8.48. The van der Waals surface area contributed by atoms with Crippen LogP contribution in [0.15, 0.2) is 63.0 Å². The zero-order chi connectivity index (χ0) is 24.3. The Morgan fingerprint density at radius 3 is 2.63 bits per heavy atom. The summed E-state index contributed by atoms with van der Waals surface area (Å²) in [7, 11) is 0. The number of hydrogen-bond donors (Lipinski definition) is 0. The molecule has 4 aromatic heterocycles. The number of pyridine rings is 1. The zero-order valence-electron chi connectivity index (χ0n) is 18.3. The van der Waals surface area contributed by atoms with Crippen molar-refractivity contribution in [2.45, 2.75) is 32.2 Å². The molecule has 0 saturated heterocycles. The number of halogens is 2. The monoisotopic (exact) mass is 524 g/mol. The van der Waals surface area contributed by atoms with E-state index in [0.717, 1.165) is 40.7 Å². The Morgan fingerprint density at radius 1 is 0.971 bits per heavy atom. The van der Waals surface area contributed by atoms with Gasteiger partial charge in [-0.3, -0.25) is 18.6 Å². The summed E-state index contributed by atoms with van der Waals surface area (Å²) >= 11 is 13.8. The number of hydrogen-bond acceptors (Lipinski definition) is 5. The van der Waals surface area contributed by atoms with Gasteiger partial charge in [0.2, 0.25) is 0 Å². The Kier molecular flexibility index (Phi) is 5.40. The first-order chi connectivity index (χ1) is 16.9. The SMILES string of the molecule is O=c1c2c3c(sc2n(Cc2cc(=O)n4ccccc4n2)c(=O)n1-c1ccc(Cl)c(Cl)c1)CCCC3. The van der Waals surface area contributed by atoms with Gasteiger partial charge in [-0.25, -0.2) is 14.3 Å². The van der Waals surface area contributed by atoms with E-state index in [1.165, 1.54) is 27.9 Å². The van der Waals surface area contributed by atoms with Crippen molar-refractivity contribution >= 4 is 50.4 Å². The second-order valence-electron chi connectivity index (χ2n) is 8.51. The third-order valence-electron chi connectivity index (χ3n) is 6.34.